The normalized spacial score (nSPS) is 11.7. The lowest BCUT2D eigenvalue weighted by atomic mass is 9.97. The summed E-state index contributed by atoms with van der Waals surface area (Å²) in [5.41, 5.74) is 23.8. The summed E-state index contributed by atoms with van der Waals surface area (Å²) < 4.78 is 9.37. The number of hydrogen-bond donors (Lipinski definition) is 0. The first-order chi connectivity index (χ1) is 33.5. The fourth-order valence-electron chi connectivity index (χ4n) is 10.4. The lowest BCUT2D eigenvalue weighted by Crippen LogP contribution is -1.98. The third-order valence-electron chi connectivity index (χ3n) is 13.8. The largest absolute Gasteiger partial charge is 0.323 e. The van der Waals surface area contributed by atoms with E-state index in [0.717, 1.165) is 33.8 Å². The van der Waals surface area contributed by atoms with Gasteiger partial charge in [-0.15, -0.1) is 0 Å². The first-order valence-electron chi connectivity index (χ1n) is 23.4. The van der Waals surface area contributed by atoms with E-state index in [9.17, 15) is 0 Å². The zero-order valence-electron chi connectivity index (χ0n) is 37.9. The SMILES string of the molecule is Cc1ccc(-c2cc3cc4c(cc(-c5ccc(C)cc5)n4-c4ccc(-c5cn6ccccc6c5-c5ccccc5)cc4)cc3n2-c2ccc(-c3cn4ccccc4c3-c3ccccc3)cc2)cc1. The molecule has 4 heteroatoms. The standard InChI is InChI=1S/C64H46N4/c1-43-19-23-47(24-20-43)59-37-51-39-62-52(40-61(51)67(59)53-31-27-45(28-32-53)55-41-65-35-11-9-17-57(65)63(55)49-13-5-3-6-14-49)38-60(48-25-21-44(2)22-26-48)68(62)54-33-29-46(30-34-54)56-42-66-36-12-10-18-58(66)64(56)50-15-7-4-8-16-50/h3-42H,1-2H3. The second-order valence-electron chi connectivity index (χ2n) is 18.1. The fourth-order valence-corrected chi connectivity index (χ4v) is 10.4. The lowest BCUT2D eigenvalue weighted by Gasteiger charge is -2.14. The predicted molar refractivity (Wildman–Crippen MR) is 284 cm³/mol. The van der Waals surface area contributed by atoms with Crippen LogP contribution >= 0.6 is 0 Å². The van der Waals surface area contributed by atoms with E-state index in [4.69, 9.17) is 0 Å². The Hall–Kier alpha value is -8.86. The van der Waals surface area contributed by atoms with E-state index < -0.39 is 0 Å². The van der Waals surface area contributed by atoms with E-state index >= 15 is 0 Å². The van der Waals surface area contributed by atoms with Crippen LogP contribution in [-0.4, -0.2) is 17.9 Å². The van der Waals surface area contributed by atoms with Gasteiger partial charge in [0.15, 0.2) is 0 Å². The fraction of sp³-hybridized carbons (Fsp3) is 0.0312. The minimum absolute atomic E-state index is 1.12. The van der Waals surface area contributed by atoms with Gasteiger partial charge in [0.2, 0.25) is 0 Å². The van der Waals surface area contributed by atoms with Gasteiger partial charge in [-0.1, -0.05) is 157 Å². The number of aromatic nitrogens is 4. The zero-order valence-corrected chi connectivity index (χ0v) is 37.9. The van der Waals surface area contributed by atoms with Crippen LogP contribution in [0.3, 0.4) is 0 Å². The van der Waals surface area contributed by atoms with Crippen LogP contribution in [0.15, 0.2) is 243 Å². The molecule has 0 radical (unpaired) electrons. The Morgan fingerprint density at radius 3 is 1.06 bits per heavy atom. The molecule has 0 aliphatic rings. The van der Waals surface area contributed by atoms with Crippen molar-refractivity contribution in [2.24, 2.45) is 0 Å². The molecule has 7 aromatic carbocycles. The molecule has 0 atom stereocenters. The molecule has 0 aliphatic carbocycles. The molecule has 0 unspecified atom stereocenters. The van der Waals surface area contributed by atoms with Crippen molar-refractivity contribution in [2.45, 2.75) is 13.8 Å². The van der Waals surface area contributed by atoms with Crippen LogP contribution < -0.4 is 0 Å². The highest BCUT2D eigenvalue weighted by atomic mass is 15.0. The summed E-state index contributed by atoms with van der Waals surface area (Å²) in [6.45, 7) is 4.31. The summed E-state index contributed by atoms with van der Waals surface area (Å²) >= 11 is 0. The number of nitrogens with zero attached hydrogens (tertiary/aromatic N) is 4. The molecule has 0 saturated carbocycles. The first-order valence-corrected chi connectivity index (χ1v) is 23.4. The summed E-state index contributed by atoms with van der Waals surface area (Å²) in [4.78, 5) is 0. The van der Waals surface area contributed by atoms with Gasteiger partial charge >= 0.3 is 0 Å². The van der Waals surface area contributed by atoms with Crippen LogP contribution in [0.1, 0.15) is 11.1 Å². The number of aryl methyl sites for hydroxylation is 2. The Kier molecular flexibility index (Phi) is 9.26. The molecule has 0 aliphatic heterocycles. The van der Waals surface area contributed by atoms with Gasteiger partial charge in [0.1, 0.15) is 0 Å². The van der Waals surface area contributed by atoms with Crippen LogP contribution in [0.25, 0.3) is 111 Å². The molecule has 68 heavy (non-hydrogen) atoms. The van der Waals surface area contributed by atoms with Gasteiger partial charge in [-0.3, -0.25) is 0 Å². The molecule has 13 rings (SSSR count). The third-order valence-corrected chi connectivity index (χ3v) is 13.8. The van der Waals surface area contributed by atoms with Crippen molar-refractivity contribution in [2.75, 3.05) is 0 Å². The van der Waals surface area contributed by atoms with E-state index in [-0.39, 0.29) is 0 Å². The molecular weight excluding hydrogens is 825 g/mol. The Bertz CT molecular complexity index is 3710. The summed E-state index contributed by atoms with van der Waals surface area (Å²) in [5, 5.41) is 2.36. The quantitative estimate of drug-likeness (QED) is 0.145. The maximum atomic E-state index is 2.45. The van der Waals surface area contributed by atoms with Gasteiger partial charge in [-0.2, -0.15) is 0 Å². The molecule has 13 aromatic rings. The number of hydrogen-bond acceptors (Lipinski definition) is 0. The maximum Gasteiger partial charge on any atom is 0.0542 e. The van der Waals surface area contributed by atoms with Crippen LogP contribution in [0.4, 0.5) is 0 Å². The topological polar surface area (TPSA) is 18.7 Å². The van der Waals surface area contributed by atoms with Crippen molar-refractivity contribution >= 4 is 32.8 Å². The Morgan fingerprint density at radius 2 is 0.662 bits per heavy atom. The van der Waals surface area contributed by atoms with Crippen LogP contribution in [0, 0.1) is 13.8 Å². The highest BCUT2D eigenvalue weighted by molar-refractivity contribution is 6.03. The maximum absolute atomic E-state index is 2.45. The van der Waals surface area contributed by atoms with Gasteiger partial charge in [0.25, 0.3) is 0 Å². The highest BCUT2D eigenvalue weighted by Gasteiger charge is 2.21. The van der Waals surface area contributed by atoms with Crippen molar-refractivity contribution in [3.63, 3.8) is 0 Å². The molecule has 322 valence electrons. The van der Waals surface area contributed by atoms with Gasteiger partial charge in [-0.25, -0.2) is 0 Å². The average molecular weight is 871 g/mol. The number of pyridine rings is 2. The van der Waals surface area contributed by atoms with Gasteiger partial charge in [-0.05, 0) is 120 Å². The smallest absolute Gasteiger partial charge is 0.0542 e. The minimum atomic E-state index is 1.12. The van der Waals surface area contributed by atoms with Gasteiger partial charge in [0, 0.05) is 69.2 Å². The monoisotopic (exact) mass is 870 g/mol. The van der Waals surface area contributed by atoms with Gasteiger partial charge < -0.3 is 17.9 Å². The second kappa shape index (κ2) is 15.9. The highest BCUT2D eigenvalue weighted by Crippen LogP contribution is 2.42. The average Bonchev–Trinajstić information content (AvgIpc) is 4.17. The molecular formula is C64H46N4. The molecule has 0 bridgehead atoms. The van der Waals surface area contributed by atoms with E-state index in [0.29, 0.717) is 0 Å². The third kappa shape index (κ3) is 6.60. The molecule has 0 fully saturated rings. The lowest BCUT2D eigenvalue weighted by molar-refractivity contribution is 1.13. The van der Waals surface area contributed by atoms with Crippen molar-refractivity contribution in [1.82, 2.24) is 17.9 Å². The van der Waals surface area contributed by atoms with Crippen LogP contribution in [0.2, 0.25) is 0 Å². The van der Waals surface area contributed by atoms with E-state index in [1.54, 1.807) is 0 Å². The Balaban J connectivity index is 0.974. The van der Waals surface area contributed by atoms with Crippen LogP contribution in [-0.2, 0) is 0 Å². The molecule has 0 amide bonds. The Labute approximate surface area is 395 Å². The number of rotatable bonds is 8. The molecule has 4 nitrogen and oxygen atoms in total. The molecule has 6 aromatic heterocycles. The second-order valence-corrected chi connectivity index (χ2v) is 18.1. The Morgan fingerprint density at radius 1 is 0.294 bits per heavy atom. The van der Waals surface area contributed by atoms with Crippen molar-refractivity contribution in [1.29, 1.82) is 0 Å². The summed E-state index contributed by atoms with van der Waals surface area (Å²) in [7, 11) is 0. The molecule has 6 heterocycles. The van der Waals surface area contributed by atoms with Crippen molar-refractivity contribution < 1.29 is 0 Å². The van der Waals surface area contributed by atoms with Crippen molar-refractivity contribution in [3.8, 4) is 78.4 Å². The van der Waals surface area contributed by atoms with Crippen molar-refractivity contribution in [3.05, 3.63) is 254 Å². The van der Waals surface area contributed by atoms with E-state index in [1.165, 1.54) is 88.6 Å². The molecule has 0 spiro atoms. The number of benzene rings is 7. The minimum Gasteiger partial charge on any atom is -0.323 e. The van der Waals surface area contributed by atoms with Gasteiger partial charge in [0.05, 0.1) is 33.5 Å². The summed E-state index contributed by atoms with van der Waals surface area (Å²) in [6.07, 6.45) is 8.81. The molecule has 0 N–H and O–H groups in total. The zero-order chi connectivity index (χ0) is 45.3. The van der Waals surface area contributed by atoms with E-state index in [1.807, 2.05) is 0 Å². The first kappa shape index (κ1) is 39.5. The summed E-state index contributed by atoms with van der Waals surface area (Å²) in [5.74, 6) is 0. The summed E-state index contributed by atoms with van der Waals surface area (Å²) in [6, 6.07) is 80.0. The number of fused-ring (bicyclic) bond motifs is 4. The van der Waals surface area contributed by atoms with E-state index in [2.05, 4.69) is 275 Å². The predicted octanol–water partition coefficient (Wildman–Crippen LogP) is 16.7. The molecule has 0 saturated heterocycles. The van der Waals surface area contributed by atoms with Crippen LogP contribution in [0.5, 0.6) is 0 Å².